The molecule has 0 N–H and O–H groups in total. The second-order valence-electron chi connectivity index (χ2n) is 22.6. The number of thioether (sulfide) groups is 2. The Kier molecular flexibility index (Phi) is 12.2. The van der Waals surface area contributed by atoms with Crippen LogP contribution in [0.4, 0.5) is 52.7 Å². The first-order chi connectivity index (χ1) is 41.1. The molecule has 6 aliphatic rings. The van der Waals surface area contributed by atoms with E-state index in [1.54, 1.807) is 62.4 Å². The normalized spacial score (nSPS) is 23.3. The van der Waals surface area contributed by atoms with Crippen LogP contribution in [0.25, 0.3) is 53.0 Å². The maximum Gasteiger partial charge on any atom is 0.380 e. The van der Waals surface area contributed by atoms with Crippen LogP contribution in [0.2, 0.25) is 0 Å². The quantitative estimate of drug-likeness (QED) is 0.142. The first-order valence-electron chi connectivity index (χ1n) is 27.1. The Morgan fingerprint density at radius 1 is 0.379 bits per heavy atom. The van der Waals surface area contributed by atoms with Crippen LogP contribution in [0, 0.1) is 36.5 Å². The molecule has 0 saturated heterocycles. The molecule has 18 heteroatoms. The van der Waals surface area contributed by atoms with Gasteiger partial charge in [-0.15, -0.1) is 46.2 Å². The fourth-order valence-electron chi connectivity index (χ4n) is 13.6. The van der Waals surface area contributed by atoms with E-state index in [9.17, 15) is 10.5 Å². The minimum Gasteiger partial charge on any atom is -0.194 e. The molecule has 2 atom stereocenters. The number of nitriles is 2. The second-order valence-corrected chi connectivity index (χ2v) is 28.0. The third kappa shape index (κ3) is 7.33. The molecule has 2 unspecified atom stereocenters. The van der Waals surface area contributed by atoms with Crippen LogP contribution in [-0.4, -0.2) is 45.0 Å². The molecule has 434 valence electrons. The van der Waals surface area contributed by atoms with Crippen LogP contribution in [0.3, 0.4) is 0 Å². The second kappa shape index (κ2) is 18.7. The monoisotopic (exact) mass is 1250 g/mol. The van der Waals surface area contributed by atoms with Gasteiger partial charge in [0, 0.05) is 51.6 Å². The number of nitrogens with zero attached hydrogens (tertiary/aromatic N) is 2. The minimum absolute atomic E-state index is 0.0940. The third-order valence-electron chi connectivity index (χ3n) is 18.1. The number of thiophene rings is 2. The number of allylic oxidation sites excluding steroid dienone is 6. The molecular weight excluding hydrogens is 1210 g/mol. The highest BCUT2D eigenvalue weighted by atomic mass is 32.2. The van der Waals surface area contributed by atoms with E-state index in [0.717, 1.165) is 79.6 Å². The Balaban J connectivity index is 0.862. The van der Waals surface area contributed by atoms with Crippen LogP contribution < -0.4 is 0 Å². The molecule has 6 aromatic carbocycles. The van der Waals surface area contributed by atoms with E-state index in [1.165, 1.54) is 62.4 Å². The molecule has 4 aliphatic carbocycles. The standard InChI is InChI=1S/C69H40F12N2S4/c1-35-47(29-53(84-35)39-17-13-37(33-82)14-18-39)57-58(65(72,73)68(78,79)64(57,70)71)48-30-54(85-36(48)2)40-21-25-43(26-22-40)63(49-11-7-5-9-45(49)46-10-6-8-12-50(46)63)44-27-23-42(24-28-44)56-32-52-60-59(66(74,75)69(80,81)67(60,76)77)51-31-55(41-19-15-38(34-83)16-20-41)86-61(51,3)62(52,4)87-56/h5-32H,1-4H3. The van der Waals surface area contributed by atoms with Gasteiger partial charge >= 0.3 is 35.5 Å². The van der Waals surface area contributed by atoms with Crippen LogP contribution in [0.1, 0.15) is 79.2 Å². The predicted octanol–water partition coefficient (Wildman–Crippen LogP) is 20.6. The topological polar surface area (TPSA) is 47.6 Å². The summed E-state index contributed by atoms with van der Waals surface area (Å²) in [5.74, 6) is -32.7. The summed E-state index contributed by atoms with van der Waals surface area (Å²) < 4.78 is 190. The lowest BCUT2D eigenvalue weighted by molar-refractivity contribution is -0.258. The minimum atomic E-state index is -5.80. The zero-order valence-corrected chi connectivity index (χ0v) is 49.0. The summed E-state index contributed by atoms with van der Waals surface area (Å²) in [5.41, 5.74) is -0.853. The number of aryl methyl sites for hydroxylation is 2. The number of benzene rings is 6. The Bertz CT molecular complexity index is 4540. The lowest BCUT2D eigenvalue weighted by Gasteiger charge is -2.47. The van der Waals surface area contributed by atoms with Gasteiger partial charge < -0.3 is 0 Å². The fraction of sp³-hybridized carbons (Fsp3) is 0.188. The van der Waals surface area contributed by atoms with Crippen molar-refractivity contribution in [2.24, 2.45) is 0 Å². The van der Waals surface area contributed by atoms with Gasteiger partial charge in [-0.3, -0.25) is 0 Å². The Morgan fingerprint density at radius 2 is 0.701 bits per heavy atom. The average molecular weight is 1250 g/mol. The highest BCUT2D eigenvalue weighted by Crippen LogP contribution is 2.76. The smallest absolute Gasteiger partial charge is 0.194 e. The maximum absolute atomic E-state index is 16.4. The highest BCUT2D eigenvalue weighted by molar-refractivity contribution is 8.14. The van der Waals surface area contributed by atoms with Crippen molar-refractivity contribution in [3.63, 3.8) is 0 Å². The molecule has 0 amide bonds. The number of alkyl halides is 12. The predicted molar refractivity (Wildman–Crippen MR) is 321 cm³/mol. The molecule has 2 nitrogen and oxygen atoms in total. The molecule has 2 aliphatic heterocycles. The largest absolute Gasteiger partial charge is 0.380 e. The van der Waals surface area contributed by atoms with E-state index in [2.05, 4.69) is 0 Å². The molecule has 2 aromatic heterocycles. The van der Waals surface area contributed by atoms with Gasteiger partial charge in [0.25, 0.3) is 0 Å². The van der Waals surface area contributed by atoms with E-state index in [0.29, 0.717) is 52.9 Å². The molecule has 1 fully saturated rings. The van der Waals surface area contributed by atoms with Crippen molar-refractivity contribution in [1.82, 2.24) is 0 Å². The maximum atomic E-state index is 16.4. The zero-order chi connectivity index (χ0) is 61.6. The Hall–Kier alpha value is -7.74. The molecule has 14 rings (SSSR count). The molecule has 8 aromatic rings. The van der Waals surface area contributed by atoms with Gasteiger partial charge in [-0.25, -0.2) is 0 Å². The Morgan fingerprint density at radius 3 is 1.07 bits per heavy atom. The third-order valence-corrected chi connectivity index (χ3v) is 23.7. The van der Waals surface area contributed by atoms with Gasteiger partial charge in [0.15, 0.2) is 0 Å². The summed E-state index contributed by atoms with van der Waals surface area (Å²) in [6, 6.07) is 48.7. The van der Waals surface area contributed by atoms with Crippen molar-refractivity contribution >= 4 is 67.2 Å². The summed E-state index contributed by atoms with van der Waals surface area (Å²) in [6.45, 7) is 6.04. The van der Waals surface area contributed by atoms with E-state index in [-0.39, 0.29) is 20.9 Å². The number of halogens is 12. The van der Waals surface area contributed by atoms with Gasteiger partial charge in [0.1, 0.15) is 0 Å². The van der Waals surface area contributed by atoms with Crippen molar-refractivity contribution in [3.8, 4) is 44.1 Å². The molecule has 1 saturated carbocycles. The summed E-state index contributed by atoms with van der Waals surface area (Å²) >= 11 is 4.19. The SMILES string of the molecule is Cc1sc(-c2ccc(C#N)cc2)cc1C1=C(c2cc(-c3ccc(C4(c5ccc(C6=CC7=C8C(=C9C=C(c%10ccc(C#N)cc%10)SC9(C)C7(C)S6)C(F)(F)C(F)(F)C8(F)F)cc5)c5ccccc5-c5ccccc54)cc3)sc2C)C(F)(F)C(F)(F)C1(F)F. The summed E-state index contributed by atoms with van der Waals surface area (Å²) in [4.78, 5) is 1.63. The number of rotatable bonds is 8. The summed E-state index contributed by atoms with van der Waals surface area (Å²) in [6.07, 6.45) is 2.63. The summed E-state index contributed by atoms with van der Waals surface area (Å²) in [7, 11) is 0. The average Bonchev–Trinajstić information content (AvgIpc) is 1.50. The molecular formula is C69H40F12N2S4. The van der Waals surface area contributed by atoms with Gasteiger partial charge in [-0.1, -0.05) is 121 Å². The lowest BCUT2D eigenvalue weighted by Crippen LogP contribution is -2.48. The van der Waals surface area contributed by atoms with E-state index in [4.69, 9.17) is 0 Å². The first-order valence-corrected chi connectivity index (χ1v) is 30.4. The molecule has 0 spiro atoms. The lowest BCUT2D eigenvalue weighted by atomic mass is 9.67. The van der Waals surface area contributed by atoms with Crippen molar-refractivity contribution in [2.75, 3.05) is 0 Å². The number of fused-ring (bicyclic) bond motifs is 7. The first kappa shape index (κ1) is 57.0. The van der Waals surface area contributed by atoms with Gasteiger partial charge in [-0.05, 0) is 154 Å². The number of hydrogen-bond acceptors (Lipinski definition) is 6. The van der Waals surface area contributed by atoms with Crippen molar-refractivity contribution < 1.29 is 52.7 Å². The summed E-state index contributed by atoms with van der Waals surface area (Å²) in [5, 5.41) is 18.7. The van der Waals surface area contributed by atoms with Gasteiger partial charge in [-0.2, -0.15) is 63.2 Å². The zero-order valence-electron chi connectivity index (χ0n) is 45.7. The van der Waals surface area contributed by atoms with Crippen LogP contribution in [-0.2, 0) is 5.41 Å². The van der Waals surface area contributed by atoms with Crippen molar-refractivity contribution in [1.29, 1.82) is 10.5 Å². The van der Waals surface area contributed by atoms with Gasteiger partial charge in [0.05, 0.1) is 38.2 Å². The van der Waals surface area contributed by atoms with Crippen LogP contribution >= 0.6 is 46.2 Å². The molecule has 0 bridgehead atoms. The molecule has 87 heavy (non-hydrogen) atoms. The number of hydrogen-bond donors (Lipinski definition) is 0. The highest BCUT2D eigenvalue weighted by Gasteiger charge is 2.85. The van der Waals surface area contributed by atoms with Gasteiger partial charge in [0.2, 0.25) is 0 Å². The fourth-order valence-corrected chi connectivity index (χ4v) is 18.8. The van der Waals surface area contributed by atoms with E-state index >= 15 is 52.7 Å². The van der Waals surface area contributed by atoms with Crippen molar-refractivity contribution in [3.05, 3.63) is 258 Å². The van der Waals surface area contributed by atoms with Crippen LogP contribution in [0.5, 0.6) is 0 Å². The van der Waals surface area contributed by atoms with Crippen LogP contribution in [0.15, 0.2) is 192 Å². The molecule has 0 radical (unpaired) electrons. The molecule has 4 heterocycles. The van der Waals surface area contributed by atoms with Crippen molar-refractivity contribution in [2.45, 2.75) is 78.1 Å². The Labute approximate surface area is 507 Å². The van der Waals surface area contributed by atoms with E-state index in [1.807, 2.05) is 84.9 Å². The van der Waals surface area contributed by atoms with E-state index < -0.39 is 83.9 Å².